The molecule has 6 aromatic rings. The van der Waals surface area contributed by atoms with Crippen LogP contribution in [0.2, 0.25) is 0 Å². The molecule has 284 valence electrons. The molecule has 0 saturated heterocycles. The first-order valence-corrected chi connectivity index (χ1v) is 19.4. The summed E-state index contributed by atoms with van der Waals surface area (Å²) in [6, 6.07) is 53.4. The topological polar surface area (TPSA) is 46.2 Å². The summed E-state index contributed by atoms with van der Waals surface area (Å²) in [5.41, 5.74) is 4.02. The van der Waals surface area contributed by atoms with Crippen LogP contribution < -0.4 is 18.9 Å². The van der Waals surface area contributed by atoms with Crippen LogP contribution in [-0.4, -0.2) is 13.2 Å². The van der Waals surface area contributed by atoms with Gasteiger partial charge in [0.15, 0.2) is 0 Å². The molecule has 0 N–H and O–H groups in total. The van der Waals surface area contributed by atoms with E-state index in [0.29, 0.717) is 13.2 Å². The van der Waals surface area contributed by atoms with Crippen LogP contribution >= 0.6 is 0 Å². The van der Waals surface area contributed by atoms with Gasteiger partial charge in [-0.2, -0.15) is 0 Å². The zero-order chi connectivity index (χ0) is 38.7. The van der Waals surface area contributed by atoms with Gasteiger partial charge in [0.25, 0.3) is 0 Å². The lowest BCUT2D eigenvalue weighted by Crippen LogP contribution is -2.26. The maximum absolute atomic E-state index is 7.51. The summed E-state index contributed by atoms with van der Waals surface area (Å²) < 4.78 is 31.8. The van der Waals surface area contributed by atoms with Gasteiger partial charge in [-0.05, 0) is 133 Å². The lowest BCUT2D eigenvalue weighted by molar-refractivity contribution is -0.0413. The molecule has 0 aliphatic rings. The van der Waals surface area contributed by atoms with Crippen molar-refractivity contribution < 1.29 is 23.7 Å². The molecule has 5 heteroatoms. The van der Waals surface area contributed by atoms with Crippen molar-refractivity contribution >= 4 is 0 Å². The third-order valence-corrected chi connectivity index (χ3v) is 10.0. The Balaban J connectivity index is 1.39. The molecule has 2 unspecified atom stereocenters. The molecule has 0 spiro atoms. The fraction of sp³-hybridized carbons (Fsp3) is 0.280. The molecule has 6 rings (SSSR count). The van der Waals surface area contributed by atoms with Crippen molar-refractivity contribution in [2.45, 2.75) is 77.4 Å². The molecule has 0 fully saturated rings. The van der Waals surface area contributed by atoms with E-state index in [9.17, 15) is 0 Å². The lowest BCUT2D eigenvalue weighted by atomic mass is 9.77. The van der Waals surface area contributed by atoms with E-state index in [2.05, 4.69) is 113 Å². The van der Waals surface area contributed by atoms with Crippen LogP contribution in [0.4, 0.5) is 0 Å². The standard InChI is InChI=1S/C50H54O5/c1-7-51-41-29-25-39(26-30-41)49(3,4)35-47(37-17-15-23-45(33-37)53-43-19-11-9-12-20-43)55-48(36-50(5,6)40-27-31-42(32-28-40)52-8-2)38-18-16-24-46(34-38)54-44-21-13-10-14-22-44/h9-34,47-48H,7-8,35-36H2,1-6H3. The van der Waals surface area contributed by atoms with Crippen LogP contribution in [0.3, 0.4) is 0 Å². The highest BCUT2D eigenvalue weighted by Gasteiger charge is 2.33. The first kappa shape index (κ1) is 39.2. The highest BCUT2D eigenvalue weighted by Crippen LogP contribution is 2.44. The average molecular weight is 735 g/mol. The van der Waals surface area contributed by atoms with Gasteiger partial charge in [-0.15, -0.1) is 0 Å². The summed E-state index contributed by atoms with van der Waals surface area (Å²) in [5.74, 6) is 4.85. The summed E-state index contributed by atoms with van der Waals surface area (Å²) in [6.45, 7) is 14.4. The number of hydrogen-bond acceptors (Lipinski definition) is 5. The van der Waals surface area contributed by atoms with E-state index in [1.54, 1.807) is 0 Å². The van der Waals surface area contributed by atoms with Gasteiger partial charge in [0, 0.05) is 0 Å². The molecule has 0 aliphatic heterocycles. The third-order valence-electron chi connectivity index (χ3n) is 10.0. The summed E-state index contributed by atoms with van der Waals surface area (Å²) in [4.78, 5) is 0. The van der Waals surface area contributed by atoms with Crippen molar-refractivity contribution in [3.63, 3.8) is 0 Å². The van der Waals surface area contributed by atoms with Gasteiger partial charge in [0.2, 0.25) is 0 Å². The maximum atomic E-state index is 7.51. The summed E-state index contributed by atoms with van der Waals surface area (Å²) >= 11 is 0. The molecule has 0 bridgehead atoms. The SMILES string of the molecule is CCOc1ccc(C(C)(C)CC(OC(CC(C)(C)c2ccc(OCC)cc2)c2cccc(Oc3ccccc3)c2)c2cccc(Oc3ccccc3)c2)cc1. The molecule has 0 radical (unpaired) electrons. The van der Waals surface area contributed by atoms with Crippen LogP contribution in [0.1, 0.15) is 88.8 Å². The second kappa shape index (κ2) is 18.2. The Morgan fingerprint density at radius 2 is 0.764 bits per heavy atom. The Kier molecular flexibility index (Phi) is 13.0. The van der Waals surface area contributed by atoms with Gasteiger partial charge >= 0.3 is 0 Å². The number of para-hydroxylation sites is 2. The van der Waals surface area contributed by atoms with E-state index in [0.717, 1.165) is 58.5 Å². The molecule has 0 aliphatic carbocycles. The minimum Gasteiger partial charge on any atom is -0.494 e. The fourth-order valence-corrected chi connectivity index (χ4v) is 6.99. The van der Waals surface area contributed by atoms with E-state index in [4.69, 9.17) is 23.7 Å². The second-order valence-electron chi connectivity index (χ2n) is 15.2. The smallest absolute Gasteiger partial charge is 0.127 e. The van der Waals surface area contributed by atoms with Gasteiger partial charge in [-0.25, -0.2) is 0 Å². The van der Waals surface area contributed by atoms with E-state index >= 15 is 0 Å². The minimum atomic E-state index is -0.291. The van der Waals surface area contributed by atoms with Gasteiger partial charge in [-0.3, -0.25) is 0 Å². The van der Waals surface area contributed by atoms with Crippen molar-refractivity contribution in [2.75, 3.05) is 13.2 Å². The normalized spacial score (nSPS) is 12.8. The van der Waals surface area contributed by atoms with E-state index in [-0.39, 0.29) is 23.0 Å². The minimum absolute atomic E-state index is 0.251. The zero-order valence-electron chi connectivity index (χ0n) is 33.0. The number of ether oxygens (including phenoxy) is 5. The van der Waals surface area contributed by atoms with Crippen LogP contribution in [0.25, 0.3) is 0 Å². The number of rotatable bonds is 18. The predicted molar refractivity (Wildman–Crippen MR) is 223 cm³/mol. The largest absolute Gasteiger partial charge is 0.494 e. The van der Waals surface area contributed by atoms with Crippen molar-refractivity contribution in [1.82, 2.24) is 0 Å². The first-order valence-electron chi connectivity index (χ1n) is 19.4. The Morgan fingerprint density at radius 3 is 1.13 bits per heavy atom. The molecule has 2 atom stereocenters. The van der Waals surface area contributed by atoms with Gasteiger partial charge in [-0.1, -0.05) is 113 Å². The summed E-state index contributed by atoms with van der Waals surface area (Å²) in [7, 11) is 0. The molecular weight excluding hydrogens is 681 g/mol. The number of hydrogen-bond donors (Lipinski definition) is 0. The Hall–Kier alpha value is -5.52. The quantitative estimate of drug-likeness (QED) is 0.0880. The van der Waals surface area contributed by atoms with Crippen molar-refractivity contribution in [3.8, 4) is 34.5 Å². The molecule has 0 heterocycles. The van der Waals surface area contributed by atoms with Crippen molar-refractivity contribution in [3.05, 3.63) is 180 Å². The molecule has 55 heavy (non-hydrogen) atoms. The Labute approximate surface area is 327 Å². The lowest BCUT2D eigenvalue weighted by Gasteiger charge is -2.36. The Morgan fingerprint density at radius 1 is 0.400 bits per heavy atom. The third kappa shape index (κ3) is 10.8. The highest BCUT2D eigenvalue weighted by molar-refractivity contribution is 5.39. The van der Waals surface area contributed by atoms with Crippen LogP contribution in [-0.2, 0) is 15.6 Å². The average Bonchev–Trinajstić information content (AvgIpc) is 3.19. The van der Waals surface area contributed by atoms with Crippen LogP contribution in [0.5, 0.6) is 34.5 Å². The van der Waals surface area contributed by atoms with Crippen molar-refractivity contribution in [2.24, 2.45) is 0 Å². The van der Waals surface area contributed by atoms with Crippen LogP contribution in [0.15, 0.2) is 158 Å². The summed E-state index contributed by atoms with van der Waals surface area (Å²) in [6.07, 6.45) is 0.854. The van der Waals surface area contributed by atoms with Gasteiger partial charge in [0.1, 0.15) is 34.5 Å². The van der Waals surface area contributed by atoms with Gasteiger partial charge < -0.3 is 23.7 Å². The first-order chi connectivity index (χ1) is 26.6. The Bertz CT molecular complexity index is 1900. The molecule has 5 nitrogen and oxygen atoms in total. The molecule has 0 saturated carbocycles. The van der Waals surface area contributed by atoms with E-state index < -0.39 is 0 Å². The zero-order valence-corrected chi connectivity index (χ0v) is 33.0. The highest BCUT2D eigenvalue weighted by atomic mass is 16.5. The molecular formula is C50H54O5. The van der Waals surface area contributed by atoms with Gasteiger partial charge in [0.05, 0.1) is 25.4 Å². The molecule has 0 amide bonds. The molecule has 0 aromatic heterocycles. The summed E-state index contributed by atoms with van der Waals surface area (Å²) in [5, 5.41) is 0. The van der Waals surface area contributed by atoms with E-state index in [1.807, 2.05) is 86.6 Å². The van der Waals surface area contributed by atoms with E-state index in [1.165, 1.54) is 11.1 Å². The predicted octanol–water partition coefficient (Wildman–Crippen LogP) is 13.6. The molecule has 6 aromatic carbocycles. The monoisotopic (exact) mass is 734 g/mol. The fourth-order valence-electron chi connectivity index (χ4n) is 6.99. The van der Waals surface area contributed by atoms with Crippen molar-refractivity contribution in [1.29, 1.82) is 0 Å². The maximum Gasteiger partial charge on any atom is 0.127 e. The number of benzene rings is 6. The second-order valence-corrected chi connectivity index (χ2v) is 15.2. The van der Waals surface area contributed by atoms with Crippen LogP contribution in [0, 0.1) is 0 Å².